The fourth-order valence-electron chi connectivity index (χ4n) is 1.91. The minimum atomic E-state index is -3.06. The molecule has 0 spiro atoms. The summed E-state index contributed by atoms with van der Waals surface area (Å²) in [7, 11) is 0. The average molecular weight is 353 g/mol. The zero-order valence-corrected chi connectivity index (χ0v) is 13.0. The van der Waals surface area contributed by atoms with E-state index >= 15 is 0 Å². The van der Waals surface area contributed by atoms with Crippen LogP contribution in [-0.2, 0) is 9.53 Å². The monoisotopic (exact) mass is 353 g/mol. The number of alkyl halides is 2. The van der Waals surface area contributed by atoms with Gasteiger partial charge in [0.25, 0.3) is 5.91 Å². The van der Waals surface area contributed by atoms with E-state index in [2.05, 4.69) is 10.1 Å². The van der Waals surface area contributed by atoms with Gasteiger partial charge in [0, 0.05) is 0 Å². The highest BCUT2D eigenvalue weighted by atomic mass is 19.3. The van der Waals surface area contributed by atoms with Gasteiger partial charge < -0.3 is 14.8 Å². The highest BCUT2D eigenvalue weighted by molar-refractivity contribution is 5.98. The van der Waals surface area contributed by atoms with Gasteiger partial charge in [0.1, 0.15) is 11.6 Å². The Labute approximate surface area is 141 Å². The third kappa shape index (κ3) is 4.97. The smallest absolute Gasteiger partial charge is 0.387 e. The van der Waals surface area contributed by atoms with E-state index < -0.39 is 30.4 Å². The van der Waals surface area contributed by atoms with Crippen LogP contribution in [0.3, 0.4) is 0 Å². The maximum atomic E-state index is 13.5. The Balaban J connectivity index is 2.04. The molecule has 0 aliphatic carbocycles. The van der Waals surface area contributed by atoms with Crippen LogP contribution in [0.15, 0.2) is 48.5 Å². The first-order valence-electron chi connectivity index (χ1n) is 7.18. The van der Waals surface area contributed by atoms with Gasteiger partial charge in [0.05, 0.1) is 11.3 Å². The average Bonchev–Trinajstić information content (AvgIpc) is 2.56. The highest BCUT2D eigenvalue weighted by Gasteiger charge is 2.22. The van der Waals surface area contributed by atoms with E-state index in [1.807, 2.05) is 0 Å². The molecule has 0 aliphatic rings. The van der Waals surface area contributed by atoms with Crippen LogP contribution < -0.4 is 10.1 Å². The lowest BCUT2D eigenvalue weighted by atomic mass is 10.2. The Morgan fingerprint density at radius 3 is 2.36 bits per heavy atom. The predicted molar refractivity (Wildman–Crippen MR) is 83.0 cm³/mol. The summed E-state index contributed by atoms with van der Waals surface area (Å²) < 4.78 is 47.4. The molecule has 0 saturated carbocycles. The molecule has 0 aromatic heterocycles. The van der Waals surface area contributed by atoms with Crippen molar-refractivity contribution in [2.24, 2.45) is 0 Å². The Kier molecular flexibility index (Phi) is 5.99. The normalized spacial score (nSPS) is 11.7. The maximum Gasteiger partial charge on any atom is 0.387 e. The number of amides is 1. The van der Waals surface area contributed by atoms with E-state index in [0.717, 1.165) is 6.07 Å². The molecule has 1 amide bonds. The fourth-order valence-corrected chi connectivity index (χ4v) is 1.91. The van der Waals surface area contributed by atoms with Crippen LogP contribution in [0.2, 0.25) is 0 Å². The van der Waals surface area contributed by atoms with Crippen molar-refractivity contribution >= 4 is 17.6 Å². The quantitative estimate of drug-likeness (QED) is 0.806. The van der Waals surface area contributed by atoms with E-state index in [0.29, 0.717) is 0 Å². The molecule has 1 N–H and O–H groups in total. The summed E-state index contributed by atoms with van der Waals surface area (Å²) in [5.74, 6) is -2.82. The summed E-state index contributed by atoms with van der Waals surface area (Å²) in [5, 5.41) is 2.32. The molecule has 2 rings (SSSR count). The number of carbonyl (C=O) groups is 2. The van der Waals surface area contributed by atoms with Crippen molar-refractivity contribution in [1.82, 2.24) is 0 Å². The number of rotatable bonds is 6. The Hall–Kier alpha value is -3.03. The first-order valence-corrected chi connectivity index (χ1v) is 7.18. The number of ether oxygens (including phenoxy) is 2. The predicted octanol–water partition coefficient (Wildman–Crippen LogP) is 3.61. The lowest BCUT2D eigenvalue weighted by Gasteiger charge is -2.16. The van der Waals surface area contributed by atoms with Crippen LogP contribution in [-0.4, -0.2) is 24.6 Å². The first kappa shape index (κ1) is 18.3. The highest BCUT2D eigenvalue weighted by Crippen LogP contribution is 2.25. The SMILES string of the molecule is C[C@@H](OC(=O)c1ccccc1F)C(=O)Nc1ccccc1OC(F)F. The second-order valence-electron chi connectivity index (χ2n) is 4.89. The third-order valence-corrected chi connectivity index (χ3v) is 3.11. The zero-order chi connectivity index (χ0) is 18.4. The summed E-state index contributed by atoms with van der Waals surface area (Å²) in [5.41, 5.74) is -0.329. The van der Waals surface area contributed by atoms with Gasteiger partial charge in [0.2, 0.25) is 0 Å². The van der Waals surface area contributed by atoms with Gasteiger partial charge >= 0.3 is 12.6 Å². The summed E-state index contributed by atoms with van der Waals surface area (Å²) >= 11 is 0. The second kappa shape index (κ2) is 8.18. The fraction of sp³-hybridized carbons (Fsp3) is 0.176. The number of hydrogen-bond acceptors (Lipinski definition) is 4. The molecule has 0 radical (unpaired) electrons. The summed E-state index contributed by atoms with van der Waals surface area (Å²) in [6.45, 7) is -1.79. The molecular formula is C17H14F3NO4. The molecule has 0 bridgehead atoms. The van der Waals surface area contributed by atoms with Crippen molar-refractivity contribution < 1.29 is 32.2 Å². The van der Waals surface area contributed by atoms with Gasteiger partial charge in [-0.1, -0.05) is 24.3 Å². The molecule has 8 heteroatoms. The second-order valence-corrected chi connectivity index (χ2v) is 4.89. The number of anilines is 1. The number of carbonyl (C=O) groups excluding carboxylic acids is 2. The van der Waals surface area contributed by atoms with Crippen molar-refractivity contribution in [3.63, 3.8) is 0 Å². The van der Waals surface area contributed by atoms with E-state index in [1.54, 1.807) is 0 Å². The van der Waals surface area contributed by atoms with Crippen molar-refractivity contribution in [2.75, 3.05) is 5.32 Å². The van der Waals surface area contributed by atoms with Crippen LogP contribution in [0.5, 0.6) is 5.75 Å². The summed E-state index contributed by atoms with van der Waals surface area (Å²) in [6, 6.07) is 10.7. The molecule has 0 saturated heterocycles. The molecule has 0 heterocycles. The Morgan fingerprint density at radius 1 is 1.04 bits per heavy atom. The molecule has 2 aromatic carbocycles. The molecular weight excluding hydrogens is 339 g/mol. The van der Waals surface area contributed by atoms with Gasteiger partial charge in [0.15, 0.2) is 6.10 Å². The van der Waals surface area contributed by atoms with Crippen LogP contribution in [0.1, 0.15) is 17.3 Å². The third-order valence-electron chi connectivity index (χ3n) is 3.11. The van der Waals surface area contributed by atoms with E-state index in [-0.39, 0.29) is 17.0 Å². The zero-order valence-electron chi connectivity index (χ0n) is 13.0. The minimum absolute atomic E-state index is 0.0124. The largest absolute Gasteiger partial charge is 0.449 e. The number of esters is 1. The van der Waals surface area contributed by atoms with Crippen LogP contribution in [0, 0.1) is 5.82 Å². The molecule has 1 atom stereocenters. The van der Waals surface area contributed by atoms with Crippen LogP contribution in [0.4, 0.5) is 18.9 Å². The molecule has 25 heavy (non-hydrogen) atoms. The van der Waals surface area contributed by atoms with Crippen molar-refractivity contribution in [3.8, 4) is 5.75 Å². The Bertz CT molecular complexity index is 767. The van der Waals surface area contributed by atoms with Gasteiger partial charge in [-0.3, -0.25) is 4.79 Å². The Morgan fingerprint density at radius 2 is 1.68 bits per heavy atom. The number of hydrogen-bond donors (Lipinski definition) is 1. The minimum Gasteiger partial charge on any atom is -0.449 e. The molecule has 0 aliphatic heterocycles. The van der Waals surface area contributed by atoms with Crippen LogP contribution >= 0.6 is 0 Å². The number of benzene rings is 2. The molecule has 132 valence electrons. The molecule has 5 nitrogen and oxygen atoms in total. The lowest BCUT2D eigenvalue weighted by Crippen LogP contribution is -2.30. The molecule has 0 fully saturated rings. The standard InChI is InChI=1S/C17H14F3NO4/c1-10(24-16(23)11-6-2-3-7-12(11)18)15(22)21-13-8-4-5-9-14(13)25-17(19)20/h2-10,17H,1H3,(H,21,22)/t10-/m1/s1. The van der Waals surface area contributed by atoms with Crippen molar-refractivity contribution in [3.05, 3.63) is 59.9 Å². The maximum absolute atomic E-state index is 13.5. The summed E-state index contributed by atoms with van der Waals surface area (Å²) in [4.78, 5) is 24.0. The first-order chi connectivity index (χ1) is 11.9. The van der Waals surface area contributed by atoms with Crippen molar-refractivity contribution in [1.29, 1.82) is 0 Å². The van der Waals surface area contributed by atoms with Gasteiger partial charge in [-0.25, -0.2) is 9.18 Å². The number of para-hydroxylation sites is 2. The van der Waals surface area contributed by atoms with Gasteiger partial charge in [-0.2, -0.15) is 8.78 Å². The number of halogens is 3. The topological polar surface area (TPSA) is 64.6 Å². The number of nitrogens with one attached hydrogen (secondary N) is 1. The molecule has 0 unspecified atom stereocenters. The van der Waals surface area contributed by atoms with E-state index in [4.69, 9.17) is 4.74 Å². The van der Waals surface area contributed by atoms with Gasteiger partial charge in [-0.15, -0.1) is 0 Å². The lowest BCUT2D eigenvalue weighted by molar-refractivity contribution is -0.123. The molecule has 2 aromatic rings. The van der Waals surface area contributed by atoms with E-state index in [9.17, 15) is 22.8 Å². The van der Waals surface area contributed by atoms with Gasteiger partial charge in [-0.05, 0) is 31.2 Å². The van der Waals surface area contributed by atoms with Crippen molar-refractivity contribution in [2.45, 2.75) is 19.6 Å². The van der Waals surface area contributed by atoms with E-state index in [1.165, 1.54) is 49.4 Å². The summed E-state index contributed by atoms with van der Waals surface area (Å²) in [6.07, 6.45) is -1.29. The van der Waals surface area contributed by atoms with Crippen LogP contribution in [0.25, 0.3) is 0 Å².